The number of aryl methyl sites for hydroxylation is 1. The van der Waals surface area contributed by atoms with Crippen molar-refractivity contribution in [3.63, 3.8) is 0 Å². The van der Waals surface area contributed by atoms with E-state index >= 15 is 0 Å². The van der Waals surface area contributed by atoms with Crippen LogP contribution in [0.1, 0.15) is 25.5 Å². The van der Waals surface area contributed by atoms with E-state index in [2.05, 4.69) is 9.71 Å². The molecule has 5 nitrogen and oxygen atoms in total. The molecule has 0 aliphatic heterocycles. The molecule has 0 aliphatic rings. The van der Waals surface area contributed by atoms with Crippen LogP contribution in [-0.4, -0.2) is 19.2 Å². The van der Waals surface area contributed by atoms with Crippen molar-refractivity contribution in [2.75, 3.05) is 5.75 Å². The summed E-state index contributed by atoms with van der Waals surface area (Å²) in [6.45, 7) is 3.64. The highest BCUT2D eigenvalue weighted by atomic mass is 32.2. The molecule has 1 aromatic heterocycles. The number of oxazole rings is 1. The van der Waals surface area contributed by atoms with Gasteiger partial charge in [0.1, 0.15) is 5.76 Å². The third kappa shape index (κ3) is 3.12. The van der Waals surface area contributed by atoms with E-state index in [4.69, 9.17) is 4.42 Å². The van der Waals surface area contributed by atoms with Gasteiger partial charge >= 0.3 is 0 Å². The lowest BCUT2D eigenvalue weighted by Gasteiger charge is -2.00. The Kier molecular flexibility index (Phi) is 3.65. The van der Waals surface area contributed by atoms with Crippen molar-refractivity contribution in [2.45, 2.75) is 26.8 Å². The van der Waals surface area contributed by atoms with Crippen molar-refractivity contribution in [1.82, 2.24) is 9.71 Å². The van der Waals surface area contributed by atoms with Gasteiger partial charge in [-0.25, -0.2) is 18.1 Å². The monoisotopic (exact) mass is 218 g/mol. The van der Waals surface area contributed by atoms with Crippen LogP contribution in [0.25, 0.3) is 0 Å². The lowest BCUT2D eigenvalue weighted by Crippen LogP contribution is -2.24. The second kappa shape index (κ2) is 4.56. The average molecular weight is 218 g/mol. The number of nitrogens with one attached hydrogen (secondary N) is 1. The summed E-state index contributed by atoms with van der Waals surface area (Å²) < 4.78 is 29.7. The molecule has 1 aromatic rings. The molecule has 0 radical (unpaired) electrons. The van der Waals surface area contributed by atoms with Crippen molar-refractivity contribution < 1.29 is 12.8 Å². The minimum atomic E-state index is -3.17. The molecule has 6 heteroatoms. The molecule has 14 heavy (non-hydrogen) atoms. The molecule has 0 fully saturated rings. The largest absolute Gasteiger partial charge is 0.444 e. The minimum absolute atomic E-state index is 0.0638. The van der Waals surface area contributed by atoms with E-state index in [-0.39, 0.29) is 12.3 Å². The van der Waals surface area contributed by atoms with E-state index in [0.717, 1.165) is 12.2 Å². The molecular formula is C8H14N2O3S. The van der Waals surface area contributed by atoms with Crippen molar-refractivity contribution in [1.29, 1.82) is 0 Å². The third-order valence-electron chi connectivity index (χ3n) is 1.77. The fourth-order valence-corrected chi connectivity index (χ4v) is 1.41. The van der Waals surface area contributed by atoms with Crippen molar-refractivity contribution >= 4 is 10.0 Å². The molecular weight excluding hydrogens is 204 g/mol. The van der Waals surface area contributed by atoms with Gasteiger partial charge in [0.15, 0.2) is 0 Å². The predicted octanol–water partition coefficient (Wildman–Crippen LogP) is 0.676. The Morgan fingerprint density at radius 1 is 1.50 bits per heavy atom. The Labute approximate surface area is 83.6 Å². The number of rotatable bonds is 5. The van der Waals surface area contributed by atoms with Gasteiger partial charge in [-0.1, -0.05) is 6.92 Å². The van der Waals surface area contributed by atoms with Gasteiger partial charge in [0, 0.05) is 6.42 Å². The zero-order valence-electron chi connectivity index (χ0n) is 8.28. The van der Waals surface area contributed by atoms with Crippen LogP contribution in [0, 0.1) is 0 Å². The molecule has 0 saturated heterocycles. The standard InChI is InChI=1S/C8H14N2O3S/c1-3-7-5-9-8(13-7)6-10-14(11,12)4-2/h5,10H,3-4,6H2,1-2H3. The molecule has 0 bridgehead atoms. The number of aromatic nitrogens is 1. The second-order valence-corrected chi connectivity index (χ2v) is 4.89. The summed E-state index contributed by atoms with van der Waals surface area (Å²) in [6.07, 6.45) is 2.36. The van der Waals surface area contributed by atoms with Gasteiger partial charge in [-0.2, -0.15) is 0 Å². The first-order valence-corrected chi connectivity index (χ1v) is 6.13. The van der Waals surface area contributed by atoms with E-state index in [9.17, 15) is 8.42 Å². The Morgan fingerprint density at radius 3 is 2.71 bits per heavy atom. The van der Waals surface area contributed by atoms with E-state index in [1.165, 1.54) is 0 Å². The summed E-state index contributed by atoms with van der Waals surface area (Å²) in [5, 5.41) is 0. The van der Waals surface area contributed by atoms with Gasteiger partial charge in [0.25, 0.3) is 0 Å². The Bertz CT molecular complexity index is 383. The van der Waals surface area contributed by atoms with Crippen LogP contribution in [0.4, 0.5) is 0 Å². The Morgan fingerprint density at radius 2 is 2.21 bits per heavy atom. The number of hydrogen-bond acceptors (Lipinski definition) is 4. The molecule has 80 valence electrons. The highest BCUT2D eigenvalue weighted by molar-refractivity contribution is 7.89. The predicted molar refractivity (Wildman–Crippen MR) is 52.2 cm³/mol. The molecule has 0 saturated carbocycles. The topological polar surface area (TPSA) is 72.2 Å². The molecule has 1 heterocycles. The summed E-state index contributed by atoms with van der Waals surface area (Å²) in [6, 6.07) is 0. The second-order valence-electron chi connectivity index (χ2n) is 2.80. The van der Waals surface area contributed by atoms with Crippen molar-refractivity contribution in [2.24, 2.45) is 0 Å². The van der Waals surface area contributed by atoms with Crippen LogP contribution in [0.15, 0.2) is 10.6 Å². The van der Waals surface area contributed by atoms with E-state index in [0.29, 0.717) is 5.89 Å². The van der Waals surface area contributed by atoms with E-state index in [1.54, 1.807) is 13.1 Å². The quantitative estimate of drug-likeness (QED) is 0.788. The van der Waals surface area contributed by atoms with Gasteiger partial charge in [0.05, 0.1) is 18.5 Å². The molecule has 0 aromatic carbocycles. The number of nitrogens with zero attached hydrogens (tertiary/aromatic N) is 1. The van der Waals surface area contributed by atoms with Gasteiger partial charge in [-0.3, -0.25) is 0 Å². The maximum Gasteiger partial charge on any atom is 0.211 e. The summed E-state index contributed by atoms with van der Waals surface area (Å²) in [4.78, 5) is 3.93. The average Bonchev–Trinajstić information content (AvgIpc) is 2.63. The molecule has 0 unspecified atom stereocenters. The van der Waals surface area contributed by atoms with E-state index in [1.807, 2.05) is 6.92 Å². The van der Waals surface area contributed by atoms with Crippen molar-refractivity contribution in [3.05, 3.63) is 17.8 Å². The SMILES string of the molecule is CCc1cnc(CNS(=O)(=O)CC)o1. The van der Waals surface area contributed by atoms with Gasteiger partial charge in [-0.05, 0) is 6.92 Å². The van der Waals surface area contributed by atoms with Crippen molar-refractivity contribution in [3.8, 4) is 0 Å². The summed E-state index contributed by atoms with van der Waals surface area (Å²) >= 11 is 0. The molecule has 0 atom stereocenters. The Hall–Kier alpha value is -0.880. The van der Waals surface area contributed by atoms with Crippen LogP contribution in [0.2, 0.25) is 0 Å². The van der Waals surface area contributed by atoms with Crippen LogP contribution >= 0.6 is 0 Å². The third-order valence-corrected chi connectivity index (χ3v) is 3.12. The highest BCUT2D eigenvalue weighted by Crippen LogP contribution is 2.03. The highest BCUT2D eigenvalue weighted by Gasteiger charge is 2.08. The first-order valence-electron chi connectivity index (χ1n) is 4.48. The molecule has 0 spiro atoms. The van der Waals surface area contributed by atoms with Gasteiger partial charge in [0.2, 0.25) is 15.9 Å². The maximum absolute atomic E-state index is 11.1. The molecule has 1 rings (SSSR count). The molecule has 0 aliphatic carbocycles. The summed E-state index contributed by atoms with van der Waals surface area (Å²) in [7, 11) is -3.17. The first-order chi connectivity index (χ1) is 6.57. The molecule has 0 amide bonds. The van der Waals surface area contributed by atoms with Gasteiger partial charge in [-0.15, -0.1) is 0 Å². The zero-order chi connectivity index (χ0) is 10.6. The smallest absolute Gasteiger partial charge is 0.211 e. The van der Waals surface area contributed by atoms with Crippen LogP contribution in [-0.2, 0) is 23.0 Å². The van der Waals surface area contributed by atoms with E-state index < -0.39 is 10.0 Å². The van der Waals surface area contributed by atoms with Gasteiger partial charge < -0.3 is 4.42 Å². The summed E-state index contributed by atoms with van der Waals surface area (Å²) in [5.74, 6) is 1.23. The minimum Gasteiger partial charge on any atom is -0.444 e. The first kappa shape index (κ1) is 11.2. The number of sulfonamides is 1. The Balaban J connectivity index is 2.54. The summed E-state index contributed by atoms with van der Waals surface area (Å²) in [5.41, 5.74) is 0. The normalized spacial score (nSPS) is 11.9. The molecule has 1 N–H and O–H groups in total. The van der Waals surface area contributed by atoms with Crippen LogP contribution < -0.4 is 4.72 Å². The lowest BCUT2D eigenvalue weighted by atomic mass is 10.4. The lowest BCUT2D eigenvalue weighted by molar-refractivity contribution is 0.452. The zero-order valence-corrected chi connectivity index (χ0v) is 9.10. The van der Waals surface area contributed by atoms with Crippen LogP contribution in [0.5, 0.6) is 0 Å². The fraction of sp³-hybridized carbons (Fsp3) is 0.625. The maximum atomic E-state index is 11.1. The number of hydrogen-bond donors (Lipinski definition) is 1. The van der Waals surface area contributed by atoms with Crippen LogP contribution in [0.3, 0.4) is 0 Å². The fourth-order valence-electron chi connectivity index (χ4n) is 0.867.